The summed E-state index contributed by atoms with van der Waals surface area (Å²) in [4.78, 5) is 12.4. The van der Waals surface area contributed by atoms with Crippen molar-refractivity contribution < 1.29 is 17.9 Å². The van der Waals surface area contributed by atoms with Crippen LogP contribution in [0.2, 0.25) is 5.02 Å². The molecule has 1 amide bonds. The number of carbonyl (C=O) groups is 1. The van der Waals surface area contributed by atoms with Crippen molar-refractivity contribution in [3.63, 3.8) is 0 Å². The highest BCUT2D eigenvalue weighted by molar-refractivity contribution is 7.88. The topological polar surface area (TPSA) is 75.7 Å². The van der Waals surface area contributed by atoms with Crippen molar-refractivity contribution in [3.05, 3.63) is 70.7 Å². The van der Waals surface area contributed by atoms with Gasteiger partial charge in [0, 0.05) is 30.6 Å². The molecule has 1 fully saturated rings. The van der Waals surface area contributed by atoms with Crippen LogP contribution in [-0.2, 0) is 31.9 Å². The summed E-state index contributed by atoms with van der Waals surface area (Å²) in [5.41, 5.74) is 1.76. The fraction of sp³-hybridized carbons (Fsp3) is 0.409. The molecule has 0 bridgehead atoms. The Bertz CT molecular complexity index is 929. The van der Waals surface area contributed by atoms with E-state index in [0.717, 1.165) is 5.56 Å². The summed E-state index contributed by atoms with van der Waals surface area (Å²) in [6.45, 7) is 2.10. The first-order valence-corrected chi connectivity index (χ1v) is 12.0. The average molecular weight is 451 g/mol. The molecule has 30 heavy (non-hydrogen) atoms. The molecule has 0 unspecified atom stereocenters. The molecule has 1 heterocycles. The zero-order chi connectivity index (χ0) is 21.4. The summed E-state index contributed by atoms with van der Waals surface area (Å²) < 4.78 is 32.4. The number of nitrogens with one attached hydrogen (secondary N) is 1. The number of rotatable bonds is 9. The summed E-state index contributed by atoms with van der Waals surface area (Å²) in [6.07, 6.45) is 1.04. The van der Waals surface area contributed by atoms with E-state index in [1.807, 2.05) is 30.3 Å². The van der Waals surface area contributed by atoms with Gasteiger partial charge in [-0.2, -0.15) is 0 Å². The van der Waals surface area contributed by atoms with Crippen molar-refractivity contribution in [3.8, 4) is 0 Å². The van der Waals surface area contributed by atoms with Gasteiger partial charge in [0.15, 0.2) is 0 Å². The van der Waals surface area contributed by atoms with Gasteiger partial charge in [0.1, 0.15) is 0 Å². The van der Waals surface area contributed by atoms with E-state index in [2.05, 4.69) is 5.32 Å². The van der Waals surface area contributed by atoms with Crippen molar-refractivity contribution in [2.75, 3.05) is 26.2 Å². The number of amides is 1. The standard InChI is InChI=1S/C22H27ClN2O4S/c23-21-8-4-7-19(15-21)17-30(27,28)25-12-9-20(10-13-25)22(26)24-11-14-29-16-18-5-2-1-3-6-18/h1-8,15,20H,9-14,16-17H2,(H,24,26). The van der Waals surface area contributed by atoms with Crippen molar-refractivity contribution in [1.82, 2.24) is 9.62 Å². The maximum absolute atomic E-state index is 12.7. The second-order valence-electron chi connectivity index (χ2n) is 7.39. The van der Waals surface area contributed by atoms with Crippen LogP contribution in [-0.4, -0.2) is 44.9 Å². The Morgan fingerprint density at radius 1 is 1.07 bits per heavy atom. The van der Waals surface area contributed by atoms with E-state index in [4.69, 9.17) is 16.3 Å². The van der Waals surface area contributed by atoms with Crippen LogP contribution in [0.5, 0.6) is 0 Å². The number of halogens is 1. The first-order valence-electron chi connectivity index (χ1n) is 10.1. The lowest BCUT2D eigenvalue weighted by atomic mass is 9.97. The molecule has 0 saturated carbocycles. The molecule has 2 aromatic rings. The normalized spacial score (nSPS) is 15.8. The van der Waals surface area contributed by atoms with Gasteiger partial charge in [0.25, 0.3) is 0 Å². The third kappa shape index (κ3) is 6.80. The van der Waals surface area contributed by atoms with E-state index in [1.165, 1.54) is 4.31 Å². The van der Waals surface area contributed by atoms with Crippen LogP contribution in [0.3, 0.4) is 0 Å². The summed E-state index contributed by atoms with van der Waals surface area (Å²) in [6, 6.07) is 16.7. The second kappa shape index (κ2) is 10.9. The molecule has 0 aromatic heterocycles. The van der Waals surface area contributed by atoms with Gasteiger partial charge >= 0.3 is 0 Å². The number of nitrogens with zero attached hydrogens (tertiary/aromatic N) is 1. The predicted octanol–water partition coefficient (Wildman–Crippen LogP) is 3.21. The lowest BCUT2D eigenvalue weighted by Gasteiger charge is -2.30. The van der Waals surface area contributed by atoms with Gasteiger partial charge in [-0.3, -0.25) is 4.79 Å². The van der Waals surface area contributed by atoms with Gasteiger partial charge in [0.05, 0.1) is 19.0 Å². The van der Waals surface area contributed by atoms with Crippen molar-refractivity contribution in [2.24, 2.45) is 5.92 Å². The van der Waals surface area contributed by atoms with Gasteiger partial charge in [0.2, 0.25) is 15.9 Å². The zero-order valence-electron chi connectivity index (χ0n) is 16.8. The molecule has 6 nitrogen and oxygen atoms in total. The zero-order valence-corrected chi connectivity index (χ0v) is 18.4. The Balaban J connectivity index is 1.37. The molecule has 1 saturated heterocycles. The van der Waals surface area contributed by atoms with Crippen LogP contribution < -0.4 is 5.32 Å². The first-order chi connectivity index (χ1) is 14.4. The van der Waals surface area contributed by atoms with E-state index >= 15 is 0 Å². The molecular weight excluding hydrogens is 424 g/mol. The second-order valence-corrected chi connectivity index (χ2v) is 9.79. The highest BCUT2D eigenvalue weighted by Gasteiger charge is 2.31. The molecule has 1 aliphatic heterocycles. The largest absolute Gasteiger partial charge is 0.375 e. The Hall–Kier alpha value is -1.93. The first kappa shape index (κ1) is 22.7. The van der Waals surface area contributed by atoms with Gasteiger partial charge in [-0.15, -0.1) is 0 Å². The molecule has 1 N–H and O–H groups in total. The smallest absolute Gasteiger partial charge is 0.223 e. The minimum atomic E-state index is -3.43. The average Bonchev–Trinajstić information content (AvgIpc) is 2.74. The van der Waals surface area contributed by atoms with Crippen LogP contribution in [0.1, 0.15) is 24.0 Å². The van der Waals surface area contributed by atoms with Crippen LogP contribution in [0.25, 0.3) is 0 Å². The molecule has 0 spiro atoms. The monoisotopic (exact) mass is 450 g/mol. The van der Waals surface area contributed by atoms with Crippen molar-refractivity contribution in [1.29, 1.82) is 0 Å². The van der Waals surface area contributed by atoms with Crippen molar-refractivity contribution in [2.45, 2.75) is 25.2 Å². The van der Waals surface area contributed by atoms with E-state index in [-0.39, 0.29) is 17.6 Å². The Kier molecular flexibility index (Phi) is 8.27. The molecule has 0 aliphatic carbocycles. The van der Waals surface area contributed by atoms with E-state index in [1.54, 1.807) is 24.3 Å². The summed E-state index contributed by atoms with van der Waals surface area (Å²) in [5, 5.41) is 3.41. The number of hydrogen-bond donors (Lipinski definition) is 1. The van der Waals surface area contributed by atoms with E-state index < -0.39 is 10.0 Å². The maximum Gasteiger partial charge on any atom is 0.223 e. The third-order valence-corrected chi connectivity index (χ3v) is 7.20. The van der Waals surface area contributed by atoms with Gasteiger partial charge in [-0.1, -0.05) is 54.1 Å². The van der Waals surface area contributed by atoms with E-state index in [0.29, 0.717) is 56.3 Å². The summed E-state index contributed by atoms with van der Waals surface area (Å²) in [7, 11) is -3.43. The van der Waals surface area contributed by atoms with E-state index in [9.17, 15) is 13.2 Å². The van der Waals surface area contributed by atoms with Crippen molar-refractivity contribution >= 4 is 27.5 Å². The predicted molar refractivity (Wildman–Crippen MR) is 117 cm³/mol. The number of sulfonamides is 1. The molecule has 1 aliphatic rings. The minimum Gasteiger partial charge on any atom is -0.375 e. The SMILES string of the molecule is O=C(NCCOCc1ccccc1)C1CCN(S(=O)(=O)Cc2cccc(Cl)c2)CC1. The molecule has 162 valence electrons. The maximum atomic E-state index is 12.7. The molecular formula is C22H27ClN2O4S. The molecule has 3 rings (SSSR count). The van der Waals surface area contributed by atoms with Crippen LogP contribution in [0.15, 0.2) is 54.6 Å². The Labute approximate surface area is 183 Å². The quantitative estimate of drug-likeness (QED) is 0.595. The molecule has 0 atom stereocenters. The molecule has 2 aromatic carbocycles. The molecule has 0 radical (unpaired) electrons. The minimum absolute atomic E-state index is 0.0369. The summed E-state index contributed by atoms with van der Waals surface area (Å²) >= 11 is 5.94. The highest BCUT2D eigenvalue weighted by atomic mass is 35.5. The van der Waals surface area contributed by atoms with Gasteiger partial charge in [-0.25, -0.2) is 12.7 Å². The van der Waals surface area contributed by atoms with Crippen LogP contribution >= 0.6 is 11.6 Å². The number of hydrogen-bond acceptors (Lipinski definition) is 4. The fourth-order valence-corrected chi connectivity index (χ4v) is 5.24. The molecule has 8 heteroatoms. The van der Waals surface area contributed by atoms with Crippen LogP contribution in [0, 0.1) is 5.92 Å². The Morgan fingerprint density at radius 2 is 1.77 bits per heavy atom. The number of ether oxygens (including phenoxy) is 1. The number of benzene rings is 2. The van der Waals surface area contributed by atoms with Crippen LogP contribution in [0.4, 0.5) is 0 Å². The third-order valence-electron chi connectivity index (χ3n) is 5.11. The number of carbonyl (C=O) groups excluding carboxylic acids is 1. The Morgan fingerprint density at radius 3 is 2.47 bits per heavy atom. The van der Waals surface area contributed by atoms with Gasteiger partial charge in [-0.05, 0) is 36.1 Å². The lowest BCUT2D eigenvalue weighted by molar-refractivity contribution is -0.126. The fourth-order valence-electron chi connectivity index (χ4n) is 3.48. The summed E-state index contributed by atoms with van der Waals surface area (Å²) in [5.74, 6) is -0.287. The highest BCUT2D eigenvalue weighted by Crippen LogP contribution is 2.22. The lowest BCUT2D eigenvalue weighted by Crippen LogP contribution is -2.43. The van der Waals surface area contributed by atoms with Gasteiger partial charge < -0.3 is 10.1 Å². The number of piperidine rings is 1.